The fraction of sp³-hybridized carbons (Fsp3) is 0.923. The Labute approximate surface area is 239 Å². The van der Waals surface area contributed by atoms with Crippen molar-refractivity contribution in [2.75, 3.05) is 80.0 Å². The van der Waals surface area contributed by atoms with E-state index >= 15 is 0 Å². The molecule has 0 aromatic heterocycles. The van der Waals surface area contributed by atoms with Gasteiger partial charge in [0.05, 0.1) is 33.0 Å². The van der Waals surface area contributed by atoms with Gasteiger partial charge in [0.15, 0.2) is 0 Å². The Bertz CT molecular complexity index is 663. The average Bonchev–Trinajstić information content (AvgIpc) is 3.20. The summed E-state index contributed by atoms with van der Waals surface area (Å²) in [6, 6.07) is 0. The van der Waals surface area contributed by atoms with Gasteiger partial charge in [-0.2, -0.15) is 13.2 Å². The van der Waals surface area contributed by atoms with Crippen molar-refractivity contribution in [3.05, 3.63) is 0 Å². The predicted molar refractivity (Wildman–Crippen MR) is 145 cm³/mol. The lowest BCUT2D eigenvalue weighted by molar-refractivity contribution is -0.156. The molecule has 0 aromatic carbocycles. The number of rotatable bonds is 6. The van der Waals surface area contributed by atoms with E-state index in [2.05, 4.69) is 5.32 Å². The molecule has 0 aromatic rings. The number of hydrogen-bond acceptors (Lipinski definition) is 10. The van der Waals surface area contributed by atoms with Crippen molar-refractivity contribution in [2.45, 2.75) is 77.8 Å². The number of alkyl halides is 3. The van der Waals surface area contributed by atoms with Crippen LogP contribution in [0.5, 0.6) is 0 Å². The van der Waals surface area contributed by atoms with Crippen molar-refractivity contribution in [1.29, 1.82) is 0 Å². The Morgan fingerprint density at radius 3 is 2.02 bits per heavy atom. The molecule has 2 unspecified atom stereocenters. The third-order valence-electron chi connectivity index (χ3n) is 4.94. The standard InChI is InChI=1S/C13H25NO5.C8H17NO3.C2HF3O.C2H6.CH4/c1-12(2,3)19-11(15)14-6-8-18-10-13(16,9-14)5-7-17-4;1-11-4-2-8(10)6-9-3-5-12-7-8;3-2(4,5)1-6;1-2;/h16H,5-10H2,1-4H3;9-10H,2-7H2,1H3;1H;1-2H3;1H4/i;;;1D;. The van der Waals surface area contributed by atoms with Gasteiger partial charge >= 0.3 is 12.3 Å². The van der Waals surface area contributed by atoms with Crippen LogP contribution in [0.2, 0.25) is 0 Å². The minimum absolute atomic E-state index is 0. The van der Waals surface area contributed by atoms with Crippen LogP contribution >= 0.6 is 0 Å². The van der Waals surface area contributed by atoms with Crippen LogP contribution in [0.4, 0.5) is 18.0 Å². The minimum Gasteiger partial charge on any atom is -0.444 e. The van der Waals surface area contributed by atoms with Gasteiger partial charge in [-0.05, 0) is 20.8 Å². The molecule has 2 fully saturated rings. The molecule has 2 heterocycles. The molecule has 242 valence electrons. The first-order valence-corrected chi connectivity index (χ1v) is 12.6. The Hall–Kier alpha value is -1.55. The third kappa shape index (κ3) is 23.2. The molecule has 0 bridgehead atoms. The van der Waals surface area contributed by atoms with E-state index in [4.69, 9.17) is 29.8 Å². The summed E-state index contributed by atoms with van der Waals surface area (Å²) in [7, 11) is 3.21. The number of aliphatic hydroxyl groups is 2. The van der Waals surface area contributed by atoms with Crippen molar-refractivity contribution < 1.29 is 58.0 Å². The molecule has 0 spiro atoms. The number of β-amino-alcohol motifs (C(OH)–C–C–N with tert-alkyl or cyclic N) is 2. The Kier molecular flexibility index (Phi) is 22.4. The van der Waals surface area contributed by atoms with Crippen LogP contribution in [0.1, 0.15) is 56.2 Å². The fourth-order valence-corrected chi connectivity index (χ4v) is 3.07. The zero-order valence-electron chi connectivity index (χ0n) is 25.1. The molecule has 40 heavy (non-hydrogen) atoms. The summed E-state index contributed by atoms with van der Waals surface area (Å²) in [6.07, 6.45) is -5.08. The van der Waals surface area contributed by atoms with Crippen molar-refractivity contribution in [1.82, 2.24) is 10.2 Å². The Balaban J connectivity index is -0.000000560. The first-order chi connectivity index (χ1) is 18.5. The van der Waals surface area contributed by atoms with Crippen molar-refractivity contribution in [2.24, 2.45) is 0 Å². The normalized spacial score (nSPS) is 23.5. The monoisotopic (exact) mass is 595 g/mol. The zero-order valence-corrected chi connectivity index (χ0v) is 24.1. The molecule has 11 nitrogen and oxygen atoms in total. The highest BCUT2D eigenvalue weighted by molar-refractivity contribution is 5.68. The second-order valence-electron chi connectivity index (χ2n) is 9.78. The van der Waals surface area contributed by atoms with Gasteiger partial charge in [0.2, 0.25) is 6.29 Å². The number of halogens is 3. The van der Waals surface area contributed by atoms with E-state index < -0.39 is 35.4 Å². The second-order valence-corrected chi connectivity index (χ2v) is 9.78. The summed E-state index contributed by atoms with van der Waals surface area (Å²) in [5.74, 6) is 0. The predicted octanol–water partition coefficient (Wildman–Crippen LogP) is 2.81. The third-order valence-corrected chi connectivity index (χ3v) is 4.94. The van der Waals surface area contributed by atoms with Crippen LogP contribution in [0.3, 0.4) is 0 Å². The lowest BCUT2D eigenvalue weighted by atomic mass is 10.0. The zero-order chi connectivity index (χ0) is 31.3. The van der Waals surface area contributed by atoms with Gasteiger partial charge < -0.3 is 44.1 Å². The van der Waals surface area contributed by atoms with Gasteiger partial charge in [0, 0.05) is 61.3 Å². The van der Waals surface area contributed by atoms with Gasteiger partial charge in [0.1, 0.15) is 16.8 Å². The van der Waals surface area contributed by atoms with Gasteiger partial charge in [-0.1, -0.05) is 21.3 Å². The molecule has 2 aliphatic rings. The van der Waals surface area contributed by atoms with Crippen molar-refractivity contribution in [3.8, 4) is 0 Å². The molecule has 2 saturated heterocycles. The topological polar surface area (TPSA) is 136 Å². The number of nitrogens with one attached hydrogen (secondary N) is 1. The molecule has 0 aliphatic carbocycles. The van der Waals surface area contributed by atoms with Crippen LogP contribution in [0, 0.1) is 0 Å². The van der Waals surface area contributed by atoms with Crippen LogP contribution in [0.25, 0.3) is 0 Å². The van der Waals surface area contributed by atoms with Gasteiger partial charge in [0.25, 0.3) is 0 Å². The lowest BCUT2D eigenvalue weighted by Gasteiger charge is -2.32. The largest absolute Gasteiger partial charge is 0.446 e. The highest BCUT2D eigenvalue weighted by Gasteiger charge is 2.35. The number of carbonyl (C=O) groups is 2. The molecule has 0 radical (unpaired) electrons. The van der Waals surface area contributed by atoms with E-state index in [0.29, 0.717) is 65.9 Å². The van der Waals surface area contributed by atoms with Crippen LogP contribution in [0.15, 0.2) is 0 Å². The molecular formula is C26H53F3N2O9. The van der Waals surface area contributed by atoms with E-state index in [-0.39, 0.29) is 20.6 Å². The number of nitrogens with zero attached hydrogens (tertiary/aromatic N) is 1. The molecule has 3 N–H and O–H groups in total. The van der Waals surface area contributed by atoms with Crippen molar-refractivity contribution in [3.63, 3.8) is 0 Å². The summed E-state index contributed by atoms with van der Waals surface area (Å²) in [5, 5.41) is 23.5. The molecule has 2 atom stereocenters. The minimum atomic E-state index is -4.64. The van der Waals surface area contributed by atoms with Crippen LogP contribution < -0.4 is 5.32 Å². The fourth-order valence-electron chi connectivity index (χ4n) is 3.07. The maximum atomic E-state index is 12.0. The maximum absolute atomic E-state index is 12.0. The second kappa shape index (κ2) is 22.1. The number of ether oxygens (including phenoxy) is 5. The summed E-state index contributed by atoms with van der Waals surface area (Å²) >= 11 is 0. The highest BCUT2D eigenvalue weighted by atomic mass is 19.4. The van der Waals surface area contributed by atoms with E-state index in [1.54, 1.807) is 21.1 Å². The lowest BCUT2D eigenvalue weighted by Crippen LogP contribution is -2.48. The molecule has 1 amide bonds. The van der Waals surface area contributed by atoms with E-state index in [9.17, 15) is 28.2 Å². The van der Waals surface area contributed by atoms with Gasteiger partial charge in [-0.25, -0.2) is 4.79 Å². The van der Waals surface area contributed by atoms with Gasteiger partial charge in [-0.3, -0.25) is 4.79 Å². The van der Waals surface area contributed by atoms with Gasteiger partial charge in [-0.15, -0.1) is 0 Å². The maximum Gasteiger partial charge on any atom is 0.446 e. The number of hydrogen-bond donors (Lipinski definition) is 3. The number of methoxy groups -OCH3 is 2. The summed E-state index contributed by atoms with van der Waals surface area (Å²) in [4.78, 5) is 22.2. The van der Waals surface area contributed by atoms with E-state index in [1.807, 2.05) is 20.8 Å². The Morgan fingerprint density at radius 1 is 1.07 bits per heavy atom. The van der Waals surface area contributed by atoms with Crippen molar-refractivity contribution >= 4 is 12.4 Å². The quantitative estimate of drug-likeness (QED) is 0.393. The molecule has 2 aliphatic heterocycles. The highest BCUT2D eigenvalue weighted by Crippen LogP contribution is 2.19. The number of carbonyl (C=O) groups excluding carboxylic acids is 2. The summed E-state index contributed by atoms with van der Waals surface area (Å²) in [6.45, 7) is 12.4. The van der Waals surface area contributed by atoms with E-state index in [0.717, 1.165) is 6.54 Å². The molecular weight excluding hydrogens is 541 g/mol. The number of amides is 1. The molecule has 0 saturated carbocycles. The molecule has 2 rings (SSSR count). The van der Waals surface area contributed by atoms with E-state index in [1.165, 1.54) is 4.90 Å². The summed E-state index contributed by atoms with van der Waals surface area (Å²) < 4.78 is 63.3. The molecule has 14 heteroatoms. The summed E-state index contributed by atoms with van der Waals surface area (Å²) in [5.41, 5.74) is -2.37. The first kappa shape index (κ1) is 40.6. The first-order valence-electron chi connectivity index (χ1n) is 13.3. The smallest absolute Gasteiger partial charge is 0.444 e. The average molecular weight is 596 g/mol. The van der Waals surface area contributed by atoms with Crippen LogP contribution in [-0.4, -0.2) is 131 Å². The number of aldehydes is 1. The SMILES string of the molecule is C.COCCC1(O)CNCCOC1.COCCC1(O)COCCN(C(=O)OC(C)(C)C)C1.O=CC(F)(F)F.[2H]CC. The Morgan fingerprint density at radius 2 is 1.55 bits per heavy atom. The van der Waals surface area contributed by atoms with Crippen LogP contribution in [-0.2, 0) is 28.5 Å².